The number of nitrogens with zero attached hydrogens (tertiary/aromatic N) is 2. The molecule has 1 unspecified atom stereocenters. The van der Waals surface area contributed by atoms with Crippen molar-refractivity contribution in [3.63, 3.8) is 0 Å². The second kappa shape index (κ2) is 4.79. The number of hydrogen-bond acceptors (Lipinski definition) is 2. The highest BCUT2D eigenvalue weighted by Crippen LogP contribution is 2.18. The Hall–Kier alpha value is -0.830. The van der Waals surface area contributed by atoms with Crippen LogP contribution in [0.3, 0.4) is 0 Å². The highest BCUT2D eigenvalue weighted by Gasteiger charge is 2.17. The fourth-order valence-electron chi connectivity index (χ4n) is 1.98. The number of aromatic nitrogens is 2. The van der Waals surface area contributed by atoms with Crippen LogP contribution < -0.4 is 5.32 Å². The molecule has 1 aliphatic rings. The Morgan fingerprint density at radius 1 is 1.60 bits per heavy atom. The summed E-state index contributed by atoms with van der Waals surface area (Å²) in [5.41, 5.74) is 1.21. The van der Waals surface area contributed by atoms with Gasteiger partial charge >= 0.3 is 0 Å². The molecule has 0 radical (unpaired) electrons. The van der Waals surface area contributed by atoms with Gasteiger partial charge in [0.1, 0.15) is 0 Å². The highest BCUT2D eigenvalue weighted by atomic mass is 15.2. The van der Waals surface area contributed by atoms with Crippen LogP contribution in [0.15, 0.2) is 12.3 Å². The molecule has 15 heavy (non-hydrogen) atoms. The zero-order chi connectivity index (χ0) is 10.7. The summed E-state index contributed by atoms with van der Waals surface area (Å²) in [5.74, 6) is 0.681. The Morgan fingerprint density at radius 3 is 2.93 bits per heavy atom. The zero-order valence-electron chi connectivity index (χ0n) is 9.74. The standard InChI is InChI=1S/C12H21N3/c1-10(9-13-11-4-3-5-11)8-12-6-7-15(2)14-12/h6-7,10-11,13H,3-5,8-9H2,1-2H3. The molecule has 1 saturated carbocycles. The van der Waals surface area contributed by atoms with Crippen molar-refractivity contribution in [1.82, 2.24) is 15.1 Å². The Labute approximate surface area is 91.9 Å². The summed E-state index contributed by atoms with van der Waals surface area (Å²) in [6.45, 7) is 3.42. The van der Waals surface area contributed by atoms with E-state index >= 15 is 0 Å². The van der Waals surface area contributed by atoms with Gasteiger partial charge in [-0.05, 0) is 37.8 Å². The maximum Gasteiger partial charge on any atom is 0.0627 e. The van der Waals surface area contributed by atoms with Crippen LogP contribution in [0.1, 0.15) is 31.9 Å². The molecule has 0 amide bonds. The molecule has 1 N–H and O–H groups in total. The van der Waals surface area contributed by atoms with E-state index in [4.69, 9.17) is 0 Å². The first-order chi connectivity index (χ1) is 7.24. The third-order valence-electron chi connectivity index (χ3n) is 3.19. The van der Waals surface area contributed by atoms with E-state index < -0.39 is 0 Å². The van der Waals surface area contributed by atoms with E-state index in [9.17, 15) is 0 Å². The van der Waals surface area contributed by atoms with Crippen LogP contribution in [0.25, 0.3) is 0 Å². The van der Waals surface area contributed by atoms with Crippen LogP contribution >= 0.6 is 0 Å². The van der Waals surface area contributed by atoms with E-state index in [1.165, 1.54) is 25.0 Å². The molecule has 0 saturated heterocycles. The van der Waals surface area contributed by atoms with Crippen LogP contribution in [-0.4, -0.2) is 22.4 Å². The quantitative estimate of drug-likeness (QED) is 0.797. The fraction of sp³-hybridized carbons (Fsp3) is 0.750. The molecule has 3 heteroatoms. The molecule has 3 nitrogen and oxygen atoms in total. The van der Waals surface area contributed by atoms with Crippen LogP contribution in [0.2, 0.25) is 0 Å². The third-order valence-corrected chi connectivity index (χ3v) is 3.19. The molecular weight excluding hydrogens is 186 g/mol. The summed E-state index contributed by atoms with van der Waals surface area (Å²) < 4.78 is 1.88. The molecule has 0 aliphatic heterocycles. The summed E-state index contributed by atoms with van der Waals surface area (Å²) in [4.78, 5) is 0. The van der Waals surface area contributed by atoms with E-state index in [-0.39, 0.29) is 0 Å². The lowest BCUT2D eigenvalue weighted by Crippen LogP contribution is -2.38. The molecule has 1 aliphatic carbocycles. The third kappa shape index (κ3) is 3.06. The summed E-state index contributed by atoms with van der Waals surface area (Å²) in [6, 6.07) is 2.91. The van der Waals surface area contributed by atoms with Crippen molar-refractivity contribution >= 4 is 0 Å². The topological polar surface area (TPSA) is 29.9 Å². The molecule has 1 atom stereocenters. The van der Waals surface area contributed by atoms with E-state index in [0.717, 1.165) is 19.0 Å². The second-order valence-electron chi connectivity index (χ2n) is 4.83. The van der Waals surface area contributed by atoms with E-state index in [0.29, 0.717) is 5.92 Å². The van der Waals surface area contributed by atoms with Gasteiger partial charge in [-0.1, -0.05) is 13.3 Å². The molecule has 0 bridgehead atoms. The summed E-state index contributed by atoms with van der Waals surface area (Å²) >= 11 is 0. The monoisotopic (exact) mass is 207 g/mol. The average Bonchev–Trinajstić information content (AvgIpc) is 2.48. The SMILES string of the molecule is CC(CNC1CCC1)Cc1ccn(C)n1. The van der Waals surface area contributed by atoms with Crippen molar-refractivity contribution in [1.29, 1.82) is 0 Å². The molecule has 2 rings (SSSR count). The average molecular weight is 207 g/mol. The first-order valence-electron chi connectivity index (χ1n) is 5.96. The summed E-state index contributed by atoms with van der Waals surface area (Å²) in [5, 5.41) is 8.01. The van der Waals surface area contributed by atoms with E-state index in [1.807, 2.05) is 17.9 Å². The summed E-state index contributed by atoms with van der Waals surface area (Å²) in [6.07, 6.45) is 7.25. The van der Waals surface area contributed by atoms with Gasteiger partial charge < -0.3 is 5.32 Å². The fourth-order valence-corrected chi connectivity index (χ4v) is 1.98. The van der Waals surface area contributed by atoms with Gasteiger partial charge in [0, 0.05) is 19.3 Å². The van der Waals surface area contributed by atoms with Gasteiger partial charge in [0.2, 0.25) is 0 Å². The lowest BCUT2D eigenvalue weighted by atomic mass is 9.92. The van der Waals surface area contributed by atoms with Gasteiger partial charge in [-0.2, -0.15) is 5.10 Å². The van der Waals surface area contributed by atoms with Gasteiger partial charge in [0.25, 0.3) is 0 Å². The Morgan fingerprint density at radius 2 is 2.40 bits per heavy atom. The van der Waals surface area contributed by atoms with Crippen LogP contribution in [-0.2, 0) is 13.5 Å². The van der Waals surface area contributed by atoms with Gasteiger partial charge in [-0.25, -0.2) is 0 Å². The summed E-state index contributed by atoms with van der Waals surface area (Å²) in [7, 11) is 1.97. The minimum atomic E-state index is 0.681. The first-order valence-corrected chi connectivity index (χ1v) is 5.96. The molecule has 1 heterocycles. The normalized spacial score (nSPS) is 18.8. The van der Waals surface area contributed by atoms with Gasteiger partial charge in [0.15, 0.2) is 0 Å². The maximum absolute atomic E-state index is 4.40. The first kappa shape index (κ1) is 10.7. The highest BCUT2D eigenvalue weighted by molar-refractivity contribution is 4.99. The van der Waals surface area contributed by atoms with Crippen molar-refractivity contribution in [2.45, 2.75) is 38.6 Å². The van der Waals surface area contributed by atoms with Crippen molar-refractivity contribution in [3.05, 3.63) is 18.0 Å². The second-order valence-corrected chi connectivity index (χ2v) is 4.83. The Balaban J connectivity index is 1.69. The van der Waals surface area contributed by atoms with Crippen molar-refractivity contribution in [2.24, 2.45) is 13.0 Å². The van der Waals surface area contributed by atoms with Gasteiger partial charge in [-0.15, -0.1) is 0 Å². The number of nitrogens with one attached hydrogen (secondary N) is 1. The van der Waals surface area contributed by atoms with Gasteiger partial charge in [0.05, 0.1) is 5.69 Å². The zero-order valence-corrected chi connectivity index (χ0v) is 9.74. The Kier molecular flexibility index (Phi) is 3.41. The predicted molar refractivity (Wildman–Crippen MR) is 61.7 cm³/mol. The molecule has 0 aromatic carbocycles. The van der Waals surface area contributed by atoms with E-state index in [2.05, 4.69) is 23.4 Å². The van der Waals surface area contributed by atoms with Gasteiger partial charge in [-0.3, -0.25) is 4.68 Å². The molecule has 1 aromatic heterocycles. The molecule has 0 spiro atoms. The van der Waals surface area contributed by atoms with Crippen LogP contribution in [0.4, 0.5) is 0 Å². The minimum absolute atomic E-state index is 0.681. The molecule has 84 valence electrons. The van der Waals surface area contributed by atoms with Crippen LogP contribution in [0, 0.1) is 5.92 Å². The van der Waals surface area contributed by atoms with E-state index in [1.54, 1.807) is 0 Å². The number of hydrogen-bond donors (Lipinski definition) is 1. The lowest BCUT2D eigenvalue weighted by Gasteiger charge is -2.27. The minimum Gasteiger partial charge on any atom is -0.314 e. The predicted octanol–water partition coefficient (Wildman–Crippen LogP) is 1.74. The van der Waals surface area contributed by atoms with Crippen molar-refractivity contribution in [3.8, 4) is 0 Å². The van der Waals surface area contributed by atoms with Crippen LogP contribution in [0.5, 0.6) is 0 Å². The lowest BCUT2D eigenvalue weighted by molar-refractivity contribution is 0.320. The maximum atomic E-state index is 4.40. The number of rotatable bonds is 5. The van der Waals surface area contributed by atoms with Crippen molar-refractivity contribution in [2.75, 3.05) is 6.54 Å². The largest absolute Gasteiger partial charge is 0.314 e. The Bertz CT molecular complexity index is 302. The molecule has 1 aromatic rings. The number of aryl methyl sites for hydroxylation is 1. The van der Waals surface area contributed by atoms with Crippen molar-refractivity contribution < 1.29 is 0 Å². The molecular formula is C12H21N3. The smallest absolute Gasteiger partial charge is 0.0627 e. The molecule has 1 fully saturated rings.